The van der Waals surface area contributed by atoms with Crippen LogP contribution in [0.5, 0.6) is 0 Å². The first-order valence-corrected chi connectivity index (χ1v) is 16.8. The summed E-state index contributed by atoms with van der Waals surface area (Å²) in [5.41, 5.74) is 17.5. The Balaban J connectivity index is 1.29. The molecule has 1 aliphatic carbocycles. The summed E-state index contributed by atoms with van der Waals surface area (Å²) in [6, 6.07) is 49.8. The molecule has 47 heavy (non-hydrogen) atoms. The Morgan fingerprint density at radius 2 is 0.787 bits per heavy atom. The highest BCUT2D eigenvalue weighted by Gasteiger charge is 2.37. The molecule has 0 amide bonds. The average molecular weight is 613 g/mol. The van der Waals surface area contributed by atoms with Crippen molar-refractivity contribution in [3.05, 3.63) is 172 Å². The Morgan fingerprint density at radius 1 is 0.426 bits per heavy atom. The zero-order chi connectivity index (χ0) is 32.9. The van der Waals surface area contributed by atoms with Gasteiger partial charge in [0.15, 0.2) is 0 Å². The monoisotopic (exact) mass is 612 g/mol. The third-order valence-corrected chi connectivity index (χ3v) is 10.0. The van der Waals surface area contributed by atoms with E-state index >= 15 is 0 Å². The highest BCUT2D eigenvalue weighted by molar-refractivity contribution is 5.86. The number of hydrogen-bond acceptors (Lipinski definition) is 2. The summed E-state index contributed by atoms with van der Waals surface area (Å²) in [7, 11) is 0. The van der Waals surface area contributed by atoms with Crippen molar-refractivity contribution in [1.82, 2.24) is 0 Å². The van der Waals surface area contributed by atoms with Gasteiger partial charge >= 0.3 is 0 Å². The van der Waals surface area contributed by atoms with E-state index in [0.29, 0.717) is 0 Å². The second-order valence-corrected chi connectivity index (χ2v) is 13.9. The molecule has 2 nitrogen and oxygen atoms in total. The molecule has 6 aromatic rings. The molecule has 7 rings (SSSR count). The van der Waals surface area contributed by atoms with Gasteiger partial charge in [0.1, 0.15) is 0 Å². The van der Waals surface area contributed by atoms with E-state index in [1.54, 1.807) is 0 Å². The standard InChI is InChI=1S/C45H44N2/c1-30-8-17-36(18-9-30)46(37-19-10-31(2)11-20-37)34(5)35-16-26-41-42-27-25-40(29-44(42)45(6,7)43(41)28-35)47(38-21-12-32(3)13-22-38)39-23-14-33(4)15-24-39/h8-29,34H,1-7H3. The molecule has 0 aromatic heterocycles. The molecule has 234 valence electrons. The van der Waals surface area contributed by atoms with E-state index in [0.717, 1.165) is 11.4 Å². The van der Waals surface area contributed by atoms with Gasteiger partial charge in [0, 0.05) is 33.9 Å². The van der Waals surface area contributed by atoms with Crippen molar-refractivity contribution in [2.24, 2.45) is 0 Å². The molecule has 0 radical (unpaired) electrons. The molecule has 6 aromatic carbocycles. The topological polar surface area (TPSA) is 6.48 Å². The molecule has 1 atom stereocenters. The number of fused-ring (bicyclic) bond motifs is 3. The van der Waals surface area contributed by atoms with Crippen LogP contribution < -0.4 is 9.80 Å². The van der Waals surface area contributed by atoms with Crippen LogP contribution in [0.25, 0.3) is 11.1 Å². The summed E-state index contributed by atoms with van der Waals surface area (Å²) in [5.74, 6) is 0. The highest BCUT2D eigenvalue weighted by Crippen LogP contribution is 2.51. The summed E-state index contributed by atoms with van der Waals surface area (Å²) in [6.07, 6.45) is 0. The second-order valence-electron chi connectivity index (χ2n) is 13.9. The van der Waals surface area contributed by atoms with Gasteiger partial charge < -0.3 is 9.80 Å². The number of nitrogens with zero attached hydrogens (tertiary/aromatic N) is 2. The van der Waals surface area contributed by atoms with Gasteiger partial charge in [-0.05, 0) is 123 Å². The van der Waals surface area contributed by atoms with E-state index < -0.39 is 0 Å². The number of rotatable bonds is 7. The van der Waals surface area contributed by atoms with Gasteiger partial charge in [0.25, 0.3) is 0 Å². The Morgan fingerprint density at radius 3 is 1.23 bits per heavy atom. The summed E-state index contributed by atoms with van der Waals surface area (Å²) in [4.78, 5) is 4.85. The Hall–Kier alpha value is -5.08. The maximum Gasteiger partial charge on any atom is 0.0563 e. The van der Waals surface area contributed by atoms with Gasteiger partial charge in [-0.1, -0.05) is 109 Å². The van der Waals surface area contributed by atoms with Crippen LogP contribution in [0.15, 0.2) is 133 Å². The van der Waals surface area contributed by atoms with Crippen LogP contribution in [-0.4, -0.2) is 0 Å². The third kappa shape index (κ3) is 5.63. The smallest absolute Gasteiger partial charge is 0.0563 e. The van der Waals surface area contributed by atoms with Gasteiger partial charge in [0.05, 0.1) is 6.04 Å². The van der Waals surface area contributed by atoms with Crippen LogP contribution in [0, 0.1) is 27.7 Å². The summed E-state index contributed by atoms with van der Waals surface area (Å²) < 4.78 is 0. The zero-order valence-electron chi connectivity index (χ0n) is 28.7. The van der Waals surface area contributed by atoms with Crippen LogP contribution in [0.2, 0.25) is 0 Å². The largest absolute Gasteiger partial charge is 0.334 e. The van der Waals surface area contributed by atoms with Crippen molar-refractivity contribution in [2.75, 3.05) is 9.80 Å². The van der Waals surface area contributed by atoms with Crippen molar-refractivity contribution in [1.29, 1.82) is 0 Å². The lowest BCUT2D eigenvalue weighted by Gasteiger charge is -2.33. The average Bonchev–Trinajstić information content (AvgIpc) is 3.30. The first kappa shape index (κ1) is 30.6. The fourth-order valence-corrected chi connectivity index (χ4v) is 7.13. The lowest BCUT2D eigenvalue weighted by Crippen LogP contribution is -2.22. The molecule has 0 N–H and O–H groups in total. The van der Waals surface area contributed by atoms with E-state index in [1.165, 1.54) is 67.1 Å². The molecule has 0 saturated heterocycles. The van der Waals surface area contributed by atoms with Crippen LogP contribution in [0.1, 0.15) is 65.8 Å². The van der Waals surface area contributed by atoms with Crippen molar-refractivity contribution in [3.8, 4) is 11.1 Å². The second kappa shape index (κ2) is 11.9. The quantitative estimate of drug-likeness (QED) is 0.177. The van der Waals surface area contributed by atoms with E-state index in [-0.39, 0.29) is 11.5 Å². The number of aryl methyl sites for hydroxylation is 4. The first-order valence-electron chi connectivity index (χ1n) is 16.8. The van der Waals surface area contributed by atoms with E-state index in [4.69, 9.17) is 0 Å². The van der Waals surface area contributed by atoms with E-state index in [2.05, 4.69) is 192 Å². The van der Waals surface area contributed by atoms with Gasteiger partial charge in [-0.15, -0.1) is 0 Å². The van der Waals surface area contributed by atoms with Gasteiger partial charge in [-0.25, -0.2) is 0 Å². The number of hydrogen-bond donors (Lipinski definition) is 0. The SMILES string of the molecule is Cc1ccc(N(c2ccc(C)cc2)c2ccc3c(c2)C(C)(C)c2cc(C(C)N(c4ccc(C)cc4)c4ccc(C)cc4)ccc2-3)cc1. The predicted octanol–water partition coefficient (Wildman–Crippen LogP) is 12.6. The van der Waals surface area contributed by atoms with Gasteiger partial charge in [0.2, 0.25) is 0 Å². The summed E-state index contributed by atoms with van der Waals surface area (Å²) in [5, 5.41) is 0. The molecule has 0 fully saturated rings. The molecule has 0 saturated carbocycles. The number of benzene rings is 6. The fourth-order valence-electron chi connectivity index (χ4n) is 7.13. The predicted molar refractivity (Wildman–Crippen MR) is 201 cm³/mol. The minimum absolute atomic E-state index is 0.138. The molecule has 0 bridgehead atoms. The number of anilines is 5. The third-order valence-electron chi connectivity index (χ3n) is 10.0. The van der Waals surface area contributed by atoms with Crippen LogP contribution in [0.3, 0.4) is 0 Å². The van der Waals surface area contributed by atoms with Crippen molar-refractivity contribution in [3.63, 3.8) is 0 Å². The van der Waals surface area contributed by atoms with Crippen molar-refractivity contribution >= 4 is 28.4 Å². The molecule has 2 heteroatoms. The van der Waals surface area contributed by atoms with Gasteiger partial charge in [-0.2, -0.15) is 0 Å². The Labute approximate surface area is 281 Å². The normalized spacial score (nSPS) is 13.5. The maximum absolute atomic E-state index is 2.47. The van der Waals surface area contributed by atoms with E-state index in [1.807, 2.05) is 0 Å². The lowest BCUT2D eigenvalue weighted by atomic mass is 9.81. The molecular formula is C45H44N2. The minimum Gasteiger partial charge on any atom is -0.334 e. The zero-order valence-corrected chi connectivity index (χ0v) is 28.7. The van der Waals surface area contributed by atoms with Crippen LogP contribution in [0.4, 0.5) is 28.4 Å². The molecular weight excluding hydrogens is 569 g/mol. The molecule has 0 spiro atoms. The van der Waals surface area contributed by atoms with Gasteiger partial charge in [-0.3, -0.25) is 0 Å². The van der Waals surface area contributed by atoms with E-state index in [9.17, 15) is 0 Å². The van der Waals surface area contributed by atoms with Crippen LogP contribution >= 0.6 is 0 Å². The first-order chi connectivity index (χ1) is 22.6. The van der Waals surface area contributed by atoms with Crippen LogP contribution in [-0.2, 0) is 5.41 Å². The molecule has 1 aliphatic rings. The fraction of sp³-hybridized carbons (Fsp3) is 0.200. The highest BCUT2D eigenvalue weighted by atomic mass is 15.2. The lowest BCUT2D eigenvalue weighted by molar-refractivity contribution is 0.656. The molecule has 0 heterocycles. The minimum atomic E-state index is -0.152. The maximum atomic E-state index is 2.47. The Kier molecular flexibility index (Phi) is 7.76. The molecule has 0 aliphatic heterocycles. The van der Waals surface area contributed by atoms with Crippen molar-refractivity contribution < 1.29 is 0 Å². The Bertz CT molecular complexity index is 1940. The van der Waals surface area contributed by atoms with Crippen molar-refractivity contribution in [2.45, 2.75) is 59.9 Å². The summed E-state index contributed by atoms with van der Waals surface area (Å²) in [6.45, 7) is 15.7. The summed E-state index contributed by atoms with van der Waals surface area (Å²) >= 11 is 0. The molecule has 1 unspecified atom stereocenters.